The summed E-state index contributed by atoms with van der Waals surface area (Å²) in [6.45, 7) is 0.819. The number of likely N-dealkylation sites (N-methyl/N-ethyl adjacent to an activating group) is 1. The number of carbonyl (C=O) groups is 3. The number of sulfonamides is 1. The van der Waals surface area contributed by atoms with Gasteiger partial charge in [0.2, 0.25) is 10.0 Å². The highest BCUT2D eigenvalue weighted by molar-refractivity contribution is 7.88. The van der Waals surface area contributed by atoms with Crippen LogP contribution >= 0.6 is 0 Å². The van der Waals surface area contributed by atoms with E-state index in [2.05, 4.69) is 9.62 Å². The maximum atomic E-state index is 12.0. The number of nitrogens with zero attached hydrogens (tertiary/aromatic N) is 2. The van der Waals surface area contributed by atoms with Crippen molar-refractivity contribution in [2.24, 2.45) is 0 Å². The monoisotopic (exact) mass is 443 g/mol. The number of rotatable bonds is 6. The summed E-state index contributed by atoms with van der Waals surface area (Å²) in [6.07, 6.45) is 2.04. The third kappa shape index (κ3) is 7.13. The van der Waals surface area contributed by atoms with E-state index in [1.807, 2.05) is 20.2 Å². The molecule has 0 aliphatic rings. The van der Waals surface area contributed by atoms with Crippen LogP contribution in [0.5, 0.6) is 0 Å². The fraction of sp³-hybridized carbons (Fsp3) is 0.389. The molecule has 11 nitrogen and oxygen atoms in total. The molecule has 0 unspecified atom stereocenters. The minimum Gasteiger partial charge on any atom is -0.473 e. The highest BCUT2D eigenvalue weighted by Gasteiger charge is 2.16. The van der Waals surface area contributed by atoms with Gasteiger partial charge in [-0.3, -0.25) is 4.57 Å². The van der Waals surface area contributed by atoms with Crippen LogP contribution in [0, 0.1) is 0 Å². The molecule has 3 N–H and O–H groups in total. The van der Waals surface area contributed by atoms with E-state index >= 15 is 0 Å². The molecule has 0 radical (unpaired) electrons. The van der Waals surface area contributed by atoms with E-state index in [1.54, 1.807) is 18.3 Å². The number of aromatic nitrogens is 1. The first kappa shape index (κ1) is 25.1. The SMILES string of the molecule is CNS(=O)(=O)Cc1ccc2c(c1)c(CCN(C)C)cn2C(=O)OC.O=C(O)C(=O)O. The van der Waals surface area contributed by atoms with Gasteiger partial charge in [-0.15, -0.1) is 0 Å². The number of carbonyl (C=O) groups excluding carboxylic acids is 1. The quantitative estimate of drug-likeness (QED) is 0.543. The lowest BCUT2D eigenvalue weighted by Crippen LogP contribution is -2.20. The predicted molar refractivity (Wildman–Crippen MR) is 109 cm³/mol. The number of hydrogen-bond donors (Lipinski definition) is 3. The maximum Gasteiger partial charge on any atom is 0.418 e. The number of carboxylic acids is 2. The van der Waals surface area contributed by atoms with Crippen LogP contribution in [0.3, 0.4) is 0 Å². The summed E-state index contributed by atoms with van der Waals surface area (Å²) in [5, 5.41) is 15.6. The zero-order valence-electron chi connectivity index (χ0n) is 17.1. The first-order valence-electron chi connectivity index (χ1n) is 8.65. The Bertz CT molecular complexity index is 1020. The Hall–Kier alpha value is -2.96. The van der Waals surface area contributed by atoms with Gasteiger partial charge in [0, 0.05) is 18.1 Å². The molecule has 0 bridgehead atoms. The van der Waals surface area contributed by atoms with Gasteiger partial charge < -0.3 is 19.8 Å². The zero-order valence-corrected chi connectivity index (χ0v) is 17.9. The second-order valence-electron chi connectivity index (χ2n) is 6.47. The van der Waals surface area contributed by atoms with Crippen LogP contribution in [-0.4, -0.2) is 80.9 Å². The van der Waals surface area contributed by atoms with Gasteiger partial charge in [-0.25, -0.2) is 27.5 Å². The molecule has 2 rings (SSSR count). The van der Waals surface area contributed by atoms with E-state index in [-0.39, 0.29) is 5.75 Å². The summed E-state index contributed by atoms with van der Waals surface area (Å²) in [4.78, 5) is 32.2. The number of carboxylic acid groups (broad SMARTS) is 2. The normalized spacial score (nSPS) is 11.1. The average molecular weight is 443 g/mol. The maximum absolute atomic E-state index is 12.0. The van der Waals surface area contributed by atoms with Gasteiger partial charge in [0.1, 0.15) is 0 Å². The molecule has 0 amide bonds. The average Bonchev–Trinajstić information content (AvgIpc) is 3.03. The van der Waals surface area contributed by atoms with Gasteiger partial charge in [0.15, 0.2) is 0 Å². The number of nitrogens with one attached hydrogen (secondary N) is 1. The molecule has 30 heavy (non-hydrogen) atoms. The standard InChI is InChI=1S/C16H23N3O4S.C2H2O4/c1-17-24(21,22)11-12-5-6-15-14(9-12)13(7-8-18(2)3)10-19(15)16(20)23-4;3-1(4)2(5)6/h5-6,9-10,17H,7-8,11H2,1-4H3;(H,3,4)(H,5,6). The first-order valence-corrected chi connectivity index (χ1v) is 10.3. The van der Waals surface area contributed by atoms with Crippen molar-refractivity contribution in [3.05, 3.63) is 35.5 Å². The van der Waals surface area contributed by atoms with Gasteiger partial charge in [-0.1, -0.05) is 6.07 Å². The Balaban J connectivity index is 0.000000656. The number of ether oxygens (including phenoxy) is 1. The molecule has 1 aromatic heterocycles. The van der Waals surface area contributed by atoms with E-state index in [0.29, 0.717) is 11.1 Å². The molecule has 0 aliphatic carbocycles. The molecular weight excluding hydrogens is 418 g/mol. The summed E-state index contributed by atoms with van der Waals surface area (Å²) >= 11 is 0. The summed E-state index contributed by atoms with van der Waals surface area (Å²) in [5.74, 6) is -3.75. The van der Waals surface area contributed by atoms with E-state index in [4.69, 9.17) is 24.5 Å². The third-order valence-electron chi connectivity index (χ3n) is 4.00. The van der Waals surface area contributed by atoms with Crippen LogP contribution in [0.15, 0.2) is 24.4 Å². The predicted octanol–water partition coefficient (Wildman–Crippen LogP) is 0.565. The summed E-state index contributed by atoms with van der Waals surface area (Å²) in [7, 11) is 3.33. The Morgan fingerprint density at radius 3 is 2.23 bits per heavy atom. The highest BCUT2D eigenvalue weighted by atomic mass is 32.2. The molecule has 0 atom stereocenters. The molecule has 2 aromatic rings. The lowest BCUT2D eigenvalue weighted by Gasteiger charge is -2.08. The molecule has 166 valence electrons. The summed E-state index contributed by atoms with van der Waals surface area (Å²) < 4.78 is 32.1. The Labute approximate surface area is 173 Å². The van der Waals surface area contributed by atoms with E-state index < -0.39 is 28.1 Å². The molecule has 1 heterocycles. The fourth-order valence-corrected chi connectivity index (χ4v) is 3.28. The van der Waals surface area contributed by atoms with Crippen LogP contribution in [-0.2, 0) is 36.5 Å². The van der Waals surface area contributed by atoms with Gasteiger partial charge >= 0.3 is 18.0 Å². The highest BCUT2D eigenvalue weighted by Crippen LogP contribution is 2.24. The minimum atomic E-state index is -3.35. The van der Waals surface area contributed by atoms with Crippen molar-refractivity contribution in [3.63, 3.8) is 0 Å². The van der Waals surface area contributed by atoms with Gasteiger partial charge in [-0.05, 0) is 50.8 Å². The lowest BCUT2D eigenvalue weighted by molar-refractivity contribution is -0.159. The Morgan fingerprint density at radius 2 is 1.77 bits per heavy atom. The van der Waals surface area contributed by atoms with Crippen molar-refractivity contribution >= 4 is 39.0 Å². The molecule has 0 fully saturated rings. The van der Waals surface area contributed by atoms with Crippen molar-refractivity contribution in [2.75, 3.05) is 34.8 Å². The summed E-state index contributed by atoms with van der Waals surface area (Å²) in [6, 6.07) is 5.30. The van der Waals surface area contributed by atoms with Crippen LogP contribution in [0.2, 0.25) is 0 Å². The first-order chi connectivity index (χ1) is 13.9. The van der Waals surface area contributed by atoms with Crippen molar-refractivity contribution in [1.82, 2.24) is 14.2 Å². The second-order valence-corrected chi connectivity index (χ2v) is 8.40. The zero-order chi connectivity index (χ0) is 23.1. The fourth-order valence-electron chi connectivity index (χ4n) is 2.52. The molecule has 0 saturated heterocycles. The van der Waals surface area contributed by atoms with E-state index in [0.717, 1.165) is 23.9 Å². The Kier molecular flexibility index (Phi) is 8.95. The molecule has 0 saturated carbocycles. The van der Waals surface area contributed by atoms with E-state index in [9.17, 15) is 13.2 Å². The third-order valence-corrected chi connectivity index (χ3v) is 5.34. The lowest BCUT2D eigenvalue weighted by atomic mass is 10.1. The molecular formula is C18H25N3O8S. The molecule has 0 aliphatic heterocycles. The molecule has 1 aromatic carbocycles. The van der Waals surface area contributed by atoms with Gasteiger partial charge in [0.25, 0.3) is 0 Å². The topological polar surface area (TPSA) is 155 Å². The van der Waals surface area contributed by atoms with Crippen LogP contribution in [0.1, 0.15) is 11.1 Å². The molecule has 12 heteroatoms. The Morgan fingerprint density at radius 1 is 1.17 bits per heavy atom. The summed E-state index contributed by atoms with van der Waals surface area (Å²) in [5.41, 5.74) is 2.36. The van der Waals surface area contributed by atoms with Crippen molar-refractivity contribution in [2.45, 2.75) is 12.2 Å². The molecule has 0 spiro atoms. The van der Waals surface area contributed by atoms with Crippen molar-refractivity contribution < 1.29 is 37.8 Å². The van der Waals surface area contributed by atoms with Crippen LogP contribution < -0.4 is 4.72 Å². The second kappa shape index (κ2) is 10.7. The minimum absolute atomic E-state index is 0.101. The van der Waals surface area contributed by atoms with E-state index in [1.165, 1.54) is 18.7 Å². The number of benzene rings is 1. The number of hydrogen-bond acceptors (Lipinski definition) is 7. The van der Waals surface area contributed by atoms with Crippen LogP contribution in [0.25, 0.3) is 10.9 Å². The smallest absolute Gasteiger partial charge is 0.418 e. The van der Waals surface area contributed by atoms with Crippen molar-refractivity contribution in [1.29, 1.82) is 0 Å². The van der Waals surface area contributed by atoms with Crippen molar-refractivity contribution in [3.8, 4) is 0 Å². The van der Waals surface area contributed by atoms with Gasteiger partial charge in [0.05, 0.1) is 18.4 Å². The largest absolute Gasteiger partial charge is 0.473 e. The number of fused-ring (bicyclic) bond motifs is 1. The number of methoxy groups -OCH3 is 1. The van der Waals surface area contributed by atoms with Crippen LogP contribution in [0.4, 0.5) is 4.79 Å². The van der Waals surface area contributed by atoms with Gasteiger partial charge in [-0.2, -0.15) is 0 Å². The number of aliphatic carboxylic acids is 2.